The minimum absolute atomic E-state index is 0.0391. The predicted octanol–water partition coefficient (Wildman–Crippen LogP) is 1.21. The molecular formula is C17H24N4O2. The number of imidazole rings is 1. The van der Waals surface area contributed by atoms with Gasteiger partial charge in [-0.2, -0.15) is 0 Å². The van der Waals surface area contributed by atoms with Crippen LogP contribution in [0.15, 0.2) is 6.33 Å². The number of rotatable bonds is 4. The average Bonchev–Trinajstić information content (AvgIpc) is 3.08. The highest BCUT2D eigenvalue weighted by Crippen LogP contribution is 2.28. The van der Waals surface area contributed by atoms with Gasteiger partial charge in [0.15, 0.2) is 0 Å². The Bertz CT molecular complexity index is 614. The van der Waals surface area contributed by atoms with Crippen LogP contribution in [-0.2, 0) is 17.8 Å². The predicted molar refractivity (Wildman–Crippen MR) is 84.9 cm³/mol. The van der Waals surface area contributed by atoms with E-state index < -0.39 is 0 Å². The fourth-order valence-corrected chi connectivity index (χ4v) is 3.70. The Morgan fingerprint density at radius 3 is 2.74 bits per heavy atom. The van der Waals surface area contributed by atoms with Gasteiger partial charge in [-0.1, -0.05) is 0 Å². The van der Waals surface area contributed by atoms with Crippen molar-refractivity contribution in [1.29, 1.82) is 0 Å². The molecule has 1 saturated heterocycles. The first-order valence-electron chi connectivity index (χ1n) is 8.83. The van der Waals surface area contributed by atoms with Gasteiger partial charge in [-0.05, 0) is 44.4 Å². The molecule has 1 unspecified atom stereocenters. The lowest BCUT2D eigenvalue weighted by molar-refractivity contribution is -0.135. The van der Waals surface area contributed by atoms with Crippen molar-refractivity contribution in [2.75, 3.05) is 19.6 Å². The van der Waals surface area contributed by atoms with E-state index in [1.807, 2.05) is 9.47 Å². The van der Waals surface area contributed by atoms with Gasteiger partial charge in [0.1, 0.15) is 5.69 Å². The second kappa shape index (κ2) is 5.98. The van der Waals surface area contributed by atoms with Crippen molar-refractivity contribution < 1.29 is 9.59 Å². The molecule has 0 aromatic carbocycles. The van der Waals surface area contributed by atoms with E-state index in [-0.39, 0.29) is 17.7 Å². The molecule has 1 atom stereocenters. The molecule has 0 radical (unpaired) electrons. The van der Waals surface area contributed by atoms with Gasteiger partial charge in [-0.15, -0.1) is 0 Å². The summed E-state index contributed by atoms with van der Waals surface area (Å²) in [6, 6.07) is 0. The standard InChI is InChI=1S/C17H24N4O2/c22-16(18-9-12-3-4-12)15-14-6-5-13(10-21(14)11-19-15)17(23)20-7-1-2-8-20/h11-13H,1-10H2,(H,18,22). The van der Waals surface area contributed by atoms with Crippen LogP contribution in [0.3, 0.4) is 0 Å². The third kappa shape index (κ3) is 2.99. The first-order valence-corrected chi connectivity index (χ1v) is 8.83. The van der Waals surface area contributed by atoms with Crippen LogP contribution in [0.25, 0.3) is 0 Å². The fourth-order valence-electron chi connectivity index (χ4n) is 3.70. The quantitative estimate of drug-likeness (QED) is 0.908. The largest absolute Gasteiger partial charge is 0.350 e. The molecule has 3 heterocycles. The first-order chi connectivity index (χ1) is 11.2. The Morgan fingerprint density at radius 1 is 1.22 bits per heavy atom. The number of nitrogens with one attached hydrogen (secondary N) is 1. The SMILES string of the molecule is O=C(NCC1CC1)c1ncn2c1CCC(C(=O)N1CCCC1)C2. The molecule has 2 aliphatic heterocycles. The van der Waals surface area contributed by atoms with Gasteiger partial charge in [0.2, 0.25) is 5.91 Å². The number of fused-ring (bicyclic) bond motifs is 1. The molecule has 1 N–H and O–H groups in total. The number of likely N-dealkylation sites (tertiary alicyclic amines) is 1. The summed E-state index contributed by atoms with van der Waals surface area (Å²) in [7, 11) is 0. The zero-order chi connectivity index (χ0) is 15.8. The van der Waals surface area contributed by atoms with Crippen molar-refractivity contribution in [2.45, 2.75) is 45.1 Å². The molecule has 2 amide bonds. The normalized spacial score (nSPS) is 23.7. The highest BCUT2D eigenvalue weighted by atomic mass is 16.2. The number of hydrogen-bond acceptors (Lipinski definition) is 3. The zero-order valence-corrected chi connectivity index (χ0v) is 13.5. The number of carbonyl (C=O) groups is 2. The van der Waals surface area contributed by atoms with Gasteiger partial charge in [0, 0.05) is 26.2 Å². The van der Waals surface area contributed by atoms with Gasteiger partial charge in [-0.25, -0.2) is 4.98 Å². The van der Waals surface area contributed by atoms with Crippen molar-refractivity contribution in [1.82, 2.24) is 19.8 Å². The average molecular weight is 316 g/mol. The molecule has 0 bridgehead atoms. The van der Waals surface area contributed by atoms with E-state index in [1.54, 1.807) is 6.33 Å². The molecule has 1 aliphatic carbocycles. The number of amides is 2. The Kier molecular flexibility index (Phi) is 3.83. The second-order valence-electron chi connectivity index (χ2n) is 7.11. The number of carbonyl (C=O) groups excluding carboxylic acids is 2. The smallest absolute Gasteiger partial charge is 0.271 e. The lowest BCUT2D eigenvalue weighted by Gasteiger charge is -2.27. The molecule has 1 aromatic heterocycles. The maximum Gasteiger partial charge on any atom is 0.271 e. The molecule has 124 valence electrons. The van der Waals surface area contributed by atoms with E-state index in [1.165, 1.54) is 12.8 Å². The lowest BCUT2D eigenvalue weighted by atomic mass is 9.95. The summed E-state index contributed by atoms with van der Waals surface area (Å²) < 4.78 is 2.01. The van der Waals surface area contributed by atoms with Crippen LogP contribution < -0.4 is 5.32 Å². The third-order valence-electron chi connectivity index (χ3n) is 5.32. The zero-order valence-electron chi connectivity index (χ0n) is 13.5. The van der Waals surface area contributed by atoms with E-state index in [0.29, 0.717) is 18.2 Å². The van der Waals surface area contributed by atoms with Crippen molar-refractivity contribution in [2.24, 2.45) is 11.8 Å². The molecule has 23 heavy (non-hydrogen) atoms. The summed E-state index contributed by atoms with van der Waals surface area (Å²) in [5.74, 6) is 0.925. The lowest BCUT2D eigenvalue weighted by Crippen LogP contribution is -2.38. The van der Waals surface area contributed by atoms with Gasteiger partial charge >= 0.3 is 0 Å². The van der Waals surface area contributed by atoms with Crippen LogP contribution in [0.2, 0.25) is 0 Å². The monoisotopic (exact) mass is 316 g/mol. The summed E-state index contributed by atoms with van der Waals surface area (Å²) in [5.41, 5.74) is 1.54. The molecule has 6 nitrogen and oxygen atoms in total. The van der Waals surface area contributed by atoms with Crippen LogP contribution >= 0.6 is 0 Å². The van der Waals surface area contributed by atoms with Gasteiger partial charge in [0.05, 0.1) is 17.9 Å². The van der Waals surface area contributed by atoms with E-state index in [0.717, 1.165) is 51.0 Å². The molecule has 2 fully saturated rings. The summed E-state index contributed by atoms with van der Waals surface area (Å²) >= 11 is 0. The maximum absolute atomic E-state index is 12.5. The minimum atomic E-state index is -0.0602. The molecule has 3 aliphatic rings. The molecule has 4 rings (SSSR count). The van der Waals surface area contributed by atoms with E-state index in [9.17, 15) is 9.59 Å². The van der Waals surface area contributed by atoms with Crippen molar-refractivity contribution in [3.05, 3.63) is 17.7 Å². The first kappa shape index (κ1) is 14.7. The van der Waals surface area contributed by atoms with Crippen LogP contribution in [0.4, 0.5) is 0 Å². The fraction of sp³-hybridized carbons (Fsp3) is 0.706. The Hall–Kier alpha value is -1.85. The van der Waals surface area contributed by atoms with Crippen LogP contribution in [0.1, 0.15) is 48.3 Å². The van der Waals surface area contributed by atoms with E-state index in [4.69, 9.17) is 0 Å². The topological polar surface area (TPSA) is 67.2 Å². The number of hydrogen-bond donors (Lipinski definition) is 1. The van der Waals surface area contributed by atoms with Crippen molar-refractivity contribution in [3.8, 4) is 0 Å². The van der Waals surface area contributed by atoms with E-state index >= 15 is 0 Å². The summed E-state index contributed by atoms with van der Waals surface area (Å²) in [6.45, 7) is 3.23. The number of nitrogens with zero attached hydrogens (tertiary/aromatic N) is 3. The van der Waals surface area contributed by atoms with Crippen molar-refractivity contribution >= 4 is 11.8 Å². The summed E-state index contributed by atoms with van der Waals surface area (Å²) in [4.78, 5) is 31.1. The highest BCUT2D eigenvalue weighted by Gasteiger charge is 2.32. The minimum Gasteiger partial charge on any atom is -0.350 e. The third-order valence-corrected chi connectivity index (χ3v) is 5.32. The van der Waals surface area contributed by atoms with Crippen LogP contribution in [0.5, 0.6) is 0 Å². The molecular weight excluding hydrogens is 292 g/mol. The Balaban J connectivity index is 1.41. The molecule has 6 heteroatoms. The second-order valence-corrected chi connectivity index (χ2v) is 7.11. The van der Waals surface area contributed by atoms with Crippen molar-refractivity contribution in [3.63, 3.8) is 0 Å². The molecule has 1 aromatic rings. The van der Waals surface area contributed by atoms with Gasteiger partial charge in [-0.3, -0.25) is 9.59 Å². The number of aromatic nitrogens is 2. The van der Waals surface area contributed by atoms with Gasteiger partial charge in [0.25, 0.3) is 5.91 Å². The molecule has 0 spiro atoms. The molecule has 1 saturated carbocycles. The summed E-state index contributed by atoms with van der Waals surface area (Å²) in [6.07, 6.45) is 8.01. The van der Waals surface area contributed by atoms with E-state index in [2.05, 4.69) is 10.3 Å². The van der Waals surface area contributed by atoms with Crippen LogP contribution in [0, 0.1) is 11.8 Å². The summed E-state index contributed by atoms with van der Waals surface area (Å²) in [5, 5.41) is 2.99. The van der Waals surface area contributed by atoms with Crippen LogP contribution in [-0.4, -0.2) is 45.9 Å². The Morgan fingerprint density at radius 2 is 2.00 bits per heavy atom. The highest BCUT2D eigenvalue weighted by molar-refractivity contribution is 5.93. The van der Waals surface area contributed by atoms with Gasteiger partial charge < -0.3 is 14.8 Å². The Labute approximate surface area is 136 Å². The maximum atomic E-state index is 12.5.